The van der Waals surface area contributed by atoms with Gasteiger partial charge in [0.2, 0.25) is 0 Å². The van der Waals surface area contributed by atoms with Gasteiger partial charge in [0.05, 0.1) is 19.3 Å². The van der Waals surface area contributed by atoms with Crippen molar-refractivity contribution in [3.63, 3.8) is 0 Å². The van der Waals surface area contributed by atoms with Gasteiger partial charge in [-0.2, -0.15) is 0 Å². The molecule has 0 radical (unpaired) electrons. The number of halogens is 1. The SMILES string of the molecule is CCOCCN(CCOCC)c1ccc(F)cc1[C@H](C)O. The van der Waals surface area contributed by atoms with Crippen molar-refractivity contribution >= 4 is 5.69 Å². The zero-order valence-electron chi connectivity index (χ0n) is 13.1. The van der Waals surface area contributed by atoms with Crippen molar-refractivity contribution < 1.29 is 19.0 Å². The fourth-order valence-corrected chi connectivity index (χ4v) is 2.14. The van der Waals surface area contributed by atoms with E-state index in [1.54, 1.807) is 13.0 Å². The second kappa shape index (κ2) is 9.71. The van der Waals surface area contributed by atoms with Gasteiger partial charge in [-0.05, 0) is 39.0 Å². The lowest BCUT2D eigenvalue weighted by atomic mass is 10.1. The molecule has 1 N–H and O–H groups in total. The average molecular weight is 299 g/mol. The highest BCUT2D eigenvalue weighted by molar-refractivity contribution is 5.54. The maximum absolute atomic E-state index is 13.4. The first-order chi connectivity index (χ1) is 10.1. The van der Waals surface area contributed by atoms with Crippen LogP contribution in [0, 0.1) is 5.82 Å². The topological polar surface area (TPSA) is 41.9 Å². The molecule has 0 fully saturated rings. The Hall–Kier alpha value is -1.17. The number of anilines is 1. The van der Waals surface area contributed by atoms with Crippen molar-refractivity contribution in [2.75, 3.05) is 44.4 Å². The van der Waals surface area contributed by atoms with E-state index in [0.717, 1.165) is 5.69 Å². The molecule has 0 aromatic heterocycles. The van der Waals surface area contributed by atoms with Crippen molar-refractivity contribution in [3.05, 3.63) is 29.6 Å². The summed E-state index contributed by atoms with van der Waals surface area (Å²) in [7, 11) is 0. The number of hydrogen-bond donors (Lipinski definition) is 1. The summed E-state index contributed by atoms with van der Waals surface area (Å²) in [5, 5.41) is 9.87. The molecular weight excluding hydrogens is 273 g/mol. The molecule has 0 saturated carbocycles. The number of aliphatic hydroxyl groups excluding tert-OH is 1. The van der Waals surface area contributed by atoms with Gasteiger partial charge in [0.15, 0.2) is 0 Å². The lowest BCUT2D eigenvalue weighted by Crippen LogP contribution is -2.32. The number of ether oxygens (including phenoxy) is 2. The molecule has 1 aromatic carbocycles. The summed E-state index contributed by atoms with van der Waals surface area (Å²) in [6.45, 7) is 9.36. The summed E-state index contributed by atoms with van der Waals surface area (Å²) in [5.74, 6) is -0.343. The monoisotopic (exact) mass is 299 g/mol. The Labute approximate surface area is 126 Å². The van der Waals surface area contributed by atoms with Gasteiger partial charge >= 0.3 is 0 Å². The third-order valence-corrected chi connectivity index (χ3v) is 3.20. The summed E-state index contributed by atoms with van der Waals surface area (Å²) in [6, 6.07) is 4.50. The number of rotatable bonds is 10. The maximum atomic E-state index is 13.4. The summed E-state index contributed by atoms with van der Waals surface area (Å²) in [5.41, 5.74) is 1.41. The number of hydrogen-bond acceptors (Lipinski definition) is 4. The second-order valence-corrected chi connectivity index (χ2v) is 4.76. The van der Waals surface area contributed by atoms with Gasteiger partial charge < -0.3 is 19.5 Å². The first kappa shape index (κ1) is 17.9. The van der Waals surface area contributed by atoms with Crippen LogP contribution in [0.1, 0.15) is 32.4 Å². The van der Waals surface area contributed by atoms with Crippen LogP contribution in [0.3, 0.4) is 0 Å². The second-order valence-electron chi connectivity index (χ2n) is 4.76. The van der Waals surface area contributed by atoms with Gasteiger partial charge in [-0.3, -0.25) is 0 Å². The quantitative estimate of drug-likeness (QED) is 0.675. The first-order valence-corrected chi connectivity index (χ1v) is 7.48. The Balaban J connectivity index is 2.89. The zero-order chi connectivity index (χ0) is 15.7. The van der Waals surface area contributed by atoms with Crippen LogP contribution in [0.2, 0.25) is 0 Å². The van der Waals surface area contributed by atoms with Gasteiger partial charge in [-0.15, -0.1) is 0 Å². The Kier molecular flexibility index (Phi) is 8.27. The minimum Gasteiger partial charge on any atom is -0.389 e. The molecule has 0 aliphatic heterocycles. The third kappa shape index (κ3) is 5.99. The lowest BCUT2D eigenvalue weighted by Gasteiger charge is -2.28. The minimum atomic E-state index is -0.725. The molecule has 0 aliphatic carbocycles. The van der Waals surface area contributed by atoms with E-state index in [1.807, 2.05) is 13.8 Å². The molecule has 0 bridgehead atoms. The molecule has 0 saturated heterocycles. The molecule has 120 valence electrons. The van der Waals surface area contributed by atoms with Crippen molar-refractivity contribution in [2.45, 2.75) is 26.9 Å². The standard InChI is InChI=1S/C16H26FNO3/c1-4-20-10-8-18(9-11-21-5-2)16-7-6-14(17)12-15(16)13(3)19/h6-7,12-13,19H,4-5,8-11H2,1-3H3/t13-/m0/s1. The fraction of sp³-hybridized carbons (Fsp3) is 0.625. The zero-order valence-corrected chi connectivity index (χ0v) is 13.1. The van der Waals surface area contributed by atoms with E-state index in [-0.39, 0.29) is 5.82 Å². The smallest absolute Gasteiger partial charge is 0.123 e. The molecule has 0 heterocycles. The highest BCUT2D eigenvalue weighted by Crippen LogP contribution is 2.27. The molecule has 0 spiro atoms. The molecule has 1 atom stereocenters. The van der Waals surface area contributed by atoms with Crippen molar-refractivity contribution in [1.82, 2.24) is 0 Å². The number of benzene rings is 1. The normalized spacial score (nSPS) is 12.4. The molecule has 1 aromatic rings. The molecule has 0 aliphatic rings. The Morgan fingerprint density at radius 2 is 1.71 bits per heavy atom. The molecule has 0 unspecified atom stereocenters. The highest BCUT2D eigenvalue weighted by Gasteiger charge is 2.15. The molecule has 0 amide bonds. The van der Waals surface area contributed by atoms with E-state index in [2.05, 4.69) is 4.90 Å². The molecule has 1 rings (SSSR count). The third-order valence-electron chi connectivity index (χ3n) is 3.20. The number of nitrogens with zero attached hydrogens (tertiary/aromatic N) is 1. The average Bonchev–Trinajstić information content (AvgIpc) is 2.46. The maximum Gasteiger partial charge on any atom is 0.123 e. The predicted molar refractivity (Wildman–Crippen MR) is 82.2 cm³/mol. The van der Waals surface area contributed by atoms with E-state index in [1.165, 1.54) is 12.1 Å². The van der Waals surface area contributed by atoms with Crippen LogP contribution >= 0.6 is 0 Å². The number of aliphatic hydroxyl groups is 1. The van der Waals surface area contributed by atoms with Crippen LogP contribution in [0.15, 0.2) is 18.2 Å². The molecule has 21 heavy (non-hydrogen) atoms. The Morgan fingerprint density at radius 3 is 2.19 bits per heavy atom. The van der Waals surface area contributed by atoms with E-state index < -0.39 is 6.10 Å². The highest BCUT2D eigenvalue weighted by atomic mass is 19.1. The van der Waals surface area contributed by atoms with Gasteiger partial charge in [0.25, 0.3) is 0 Å². The van der Waals surface area contributed by atoms with Gasteiger partial charge in [-0.1, -0.05) is 0 Å². The summed E-state index contributed by atoms with van der Waals surface area (Å²) >= 11 is 0. The van der Waals surface area contributed by atoms with Crippen LogP contribution in [-0.2, 0) is 9.47 Å². The van der Waals surface area contributed by atoms with Crippen LogP contribution < -0.4 is 4.90 Å². The summed E-state index contributed by atoms with van der Waals surface area (Å²) in [4.78, 5) is 2.06. The van der Waals surface area contributed by atoms with Gasteiger partial charge in [0, 0.05) is 37.6 Å². The van der Waals surface area contributed by atoms with Gasteiger partial charge in [-0.25, -0.2) is 4.39 Å². The van der Waals surface area contributed by atoms with Gasteiger partial charge in [0.1, 0.15) is 5.82 Å². The summed E-state index contributed by atoms with van der Waals surface area (Å²) < 4.78 is 24.2. The Morgan fingerprint density at radius 1 is 1.14 bits per heavy atom. The van der Waals surface area contributed by atoms with Crippen molar-refractivity contribution in [2.24, 2.45) is 0 Å². The van der Waals surface area contributed by atoms with E-state index in [0.29, 0.717) is 45.1 Å². The van der Waals surface area contributed by atoms with Crippen molar-refractivity contribution in [3.8, 4) is 0 Å². The van der Waals surface area contributed by atoms with E-state index in [4.69, 9.17) is 9.47 Å². The van der Waals surface area contributed by atoms with Crippen molar-refractivity contribution in [1.29, 1.82) is 0 Å². The predicted octanol–water partition coefficient (Wildman–Crippen LogP) is 2.76. The molecule has 4 nitrogen and oxygen atoms in total. The van der Waals surface area contributed by atoms with Crippen LogP contribution in [0.5, 0.6) is 0 Å². The largest absolute Gasteiger partial charge is 0.389 e. The van der Waals surface area contributed by atoms with Crippen LogP contribution in [0.25, 0.3) is 0 Å². The fourth-order valence-electron chi connectivity index (χ4n) is 2.14. The summed E-state index contributed by atoms with van der Waals surface area (Å²) in [6.07, 6.45) is -0.725. The minimum absolute atomic E-state index is 0.343. The van der Waals surface area contributed by atoms with Crippen LogP contribution in [-0.4, -0.2) is 44.6 Å². The van der Waals surface area contributed by atoms with Crippen LogP contribution in [0.4, 0.5) is 10.1 Å². The van der Waals surface area contributed by atoms with E-state index in [9.17, 15) is 9.50 Å². The van der Waals surface area contributed by atoms with E-state index >= 15 is 0 Å². The molecular formula is C16H26FNO3. The first-order valence-electron chi connectivity index (χ1n) is 7.48. The lowest BCUT2D eigenvalue weighted by molar-refractivity contribution is 0.141. The Bertz CT molecular complexity index is 403. The molecule has 5 heteroatoms.